The van der Waals surface area contributed by atoms with Gasteiger partial charge in [0.05, 0.1) is 5.39 Å². The lowest BCUT2D eigenvalue weighted by Crippen LogP contribution is -2.25. The monoisotopic (exact) mass is 338 g/mol. The quantitative estimate of drug-likeness (QED) is 0.577. The molecule has 0 saturated carbocycles. The molecule has 0 radical (unpaired) electrons. The minimum Gasteiger partial charge on any atom is -0.286 e. The van der Waals surface area contributed by atoms with Crippen molar-refractivity contribution in [3.05, 3.63) is 62.6 Å². The maximum atomic E-state index is 12.6. The van der Waals surface area contributed by atoms with Crippen molar-refractivity contribution in [1.82, 2.24) is 19.2 Å². The fourth-order valence-electron chi connectivity index (χ4n) is 3.19. The van der Waals surface area contributed by atoms with Crippen molar-refractivity contribution in [2.45, 2.75) is 26.7 Å². The summed E-state index contributed by atoms with van der Waals surface area (Å²) in [6, 6.07) is 10.1. The highest BCUT2D eigenvalue weighted by Crippen LogP contribution is 2.32. The average molecular weight is 338 g/mol. The fraction of sp³-hybridized carbons (Fsp3) is 0.278. The highest BCUT2D eigenvalue weighted by molar-refractivity contribution is 7.19. The summed E-state index contributed by atoms with van der Waals surface area (Å²) < 4.78 is 3.13. The third-order valence-corrected chi connectivity index (χ3v) is 5.62. The minimum atomic E-state index is -0.145. The van der Waals surface area contributed by atoms with Crippen LogP contribution in [0.1, 0.15) is 28.8 Å². The summed E-state index contributed by atoms with van der Waals surface area (Å²) in [5, 5.41) is 5.54. The Morgan fingerprint density at radius 3 is 2.67 bits per heavy atom. The first-order valence-corrected chi connectivity index (χ1v) is 8.82. The molecule has 6 heteroatoms. The number of aryl methyl sites for hydroxylation is 3. The van der Waals surface area contributed by atoms with E-state index in [-0.39, 0.29) is 5.69 Å². The maximum absolute atomic E-state index is 12.6. The van der Waals surface area contributed by atoms with Gasteiger partial charge in [-0.05, 0) is 24.5 Å². The van der Waals surface area contributed by atoms with Gasteiger partial charge in [-0.15, -0.1) is 16.4 Å². The Labute approximate surface area is 143 Å². The van der Waals surface area contributed by atoms with Crippen LogP contribution >= 0.6 is 11.3 Å². The molecule has 4 aromatic rings. The smallest absolute Gasteiger partial charge is 0.286 e. The van der Waals surface area contributed by atoms with Crippen LogP contribution in [0.3, 0.4) is 0 Å². The fourth-order valence-corrected chi connectivity index (χ4v) is 4.38. The highest BCUT2D eigenvalue weighted by atomic mass is 32.1. The van der Waals surface area contributed by atoms with Crippen LogP contribution in [0.2, 0.25) is 0 Å². The first kappa shape index (κ1) is 15.1. The van der Waals surface area contributed by atoms with E-state index in [9.17, 15) is 4.79 Å². The van der Waals surface area contributed by atoms with Crippen molar-refractivity contribution in [2.24, 2.45) is 7.05 Å². The van der Waals surface area contributed by atoms with Gasteiger partial charge < -0.3 is 0 Å². The minimum absolute atomic E-state index is 0.145. The van der Waals surface area contributed by atoms with Gasteiger partial charge in [0, 0.05) is 18.3 Å². The molecule has 122 valence electrons. The first-order chi connectivity index (χ1) is 11.6. The van der Waals surface area contributed by atoms with Crippen molar-refractivity contribution < 1.29 is 0 Å². The van der Waals surface area contributed by atoms with Gasteiger partial charge in [0.1, 0.15) is 4.83 Å². The van der Waals surface area contributed by atoms with Crippen LogP contribution < -0.4 is 5.69 Å². The van der Waals surface area contributed by atoms with Crippen molar-refractivity contribution in [3.8, 4) is 0 Å². The molecule has 0 unspecified atom stereocenters. The van der Waals surface area contributed by atoms with Crippen molar-refractivity contribution in [3.63, 3.8) is 0 Å². The topological polar surface area (TPSA) is 52.2 Å². The number of nitrogens with zero attached hydrogens (tertiary/aromatic N) is 4. The summed E-state index contributed by atoms with van der Waals surface area (Å²) in [6.07, 6.45) is 1.54. The summed E-state index contributed by atoms with van der Waals surface area (Å²) >= 11 is 1.65. The summed E-state index contributed by atoms with van der Waals surface area (Å²) in [5.74, 6) is 0.678. The molecule has 0 atom stereocenters. The van der Waals surface area contributed by atoms with Crippen LogP contribution in [0.4, 0.5) is 0 Å². The summed E-state index contributed by atoms with van der Waals surface area (Å²) in [5.41, 5.74) is 2.93. The molecule has 0 N–H and O–H groups in total. The van der Waals surface area contributed by atoms with E-state index in [4.69, 9.17) is 4.98 Å². The Kier molecular flexibility index (Phi) is 3.49. The van der Waals surface area contributed by atoms with Gasteiger partial charge in [-0.25, -0.2) is 9.78 Å². The second kappa shape index (κ2) is 5.56. The number of aromatic nitrogens is 4. The van der Waals surface area contributed by atoms with Crippen molar-refractivity contribution in [1.29, 1.82) is 0 Å². The van der Waals surface area contributed by atoms with Crippen LogP contribution in [0.15, 0.2) is 35.1 Å². The average Bonchev–Trinajstić information content (AvgIpc) is 3.14. The first-order valence-electron chi connectivity index (χ1n) is 8.00. The third kappa shape index (κ3) is 2.17. The number of fused-ring (bicyclic) bond motifs is 3. The molecule has 0 bridgehead atoms. The molecule has 0 saturated heterocycles. The molecular formula is C18H18N4OS. The number of thiophene rings is 1. The molecule has 0 spiro atoms. The Morgan fingerprint density at radius 1 is 1.21 bits per heavy atom. The third-order valence-electron chi connectivity index (χ3n) is 4.40. The maximum Gasteiger partial charge on any atom is 0.351 e. The van der Waals surface area contributed by atoms with Crippen molar-refractivity contribution >= 4 is 27.2 Å². The van der Waals surface area contributed by atoms with E-state index in [2.05, 4.69) is 18.9 Å². The van der Waals surface area contributed by atoms with Gasteiger partial charge in [0.15, 0.2) is 11.5 Å². The van der Waals surface area contributed by atoms with Gasteiger partial charge >= 0.3 is 5.69 Å². The Hall–Kier alpha value is -2.47. The number of rotatable bonds is 3. The Morgan fingerprint density at radius 2 is 1.96 bits per heavy atom. The molecule has 0 aliphatic heterocycles. The zero-order valence-corrected chi connectivity index (χ0v) is 14.7. The molecule has 0 fully saturated rings. The van der Waals surface area contributed by atoms with Crippen LogP contribution in [-0.2, 0) is 19.9 Å². The molecule has 3 aromatic heterocycles. The van der Waals surface area contributed by atoms with Gasteiger partial charge in [-0.3, -0.25) is 4.57 Å². The lowest BCUT2D eigenvalue weighted by atomic mass is 10.1. The van der Waals surface area contributed by atoms with E-state index in [0.29, 0.717) is 17.9 Å². The number of benzene rings is 1. The molecule has 5 nitrogen and oxygen atoms in total. The summed E-state index contributed by atoms with van der Waals surface area (Å²) in [6.45, 7) is 4.24. The van der Waals surface area contributed by atoms with E-state index < -0.39 is 0 Å². The normalized spacial score (nSPS) is 11.6. The van der Waals surface area contributed by atoms with Crippen LogP contribution in [0.5, 0.6) is 0 Å². The molecule has 24 heavy (non-hydrogen) atoms. The lowest BCUT2D eigenvalue weighted by Gasteiger charge is -2.02. The van der Waals surface area contributed by atoms with Gasteiger partial charge in [-0.1, -0.05) is 37.3 Å². The number of hydrogen-bond donors (Lipinski definition) is 0. The van der Waals surface area contributed by atoms with E-state index in [1.807, 2.05) is 30.3 Å². The molecular weight excluding hydrogens is 320 g/mol. The zero-order chi connectivity index (χ0) is 16.8. The van der Waals surface area contributed by atoms with E-state index in [1.54, 1.807) is 23.0 Å². The van der Waals surface area contributed by atoms with Crippen molar-refractivity contribution in [2.75, 3.05) is 0 Å². The van der Waals surface area contributed by atoms with Gasteiger partial charge in [0.2, 0.25) is 0 Å². The molecule has 1 aromatic carbocycles. The van der Waals surface area contributed by atoms with Crippen LogP contribution in [-0.4, -0.2) is 19.2 Å². The largest absolute Gasteiger partial charge is 0.351 e. The van der Waals surface area contributed by atoms with Crippen LogP contribution in [0, 0.1) is 6.92 Å². The predicted molar refractivity (Wildman–Crippen MR) is 97.0 cm³/mol. The van der Waals surface area contributed by atoms with Crippen LogP contribution in [0.25, 0.3) is 15.9 Å². The second-order valence-corrected chi connectivity index (χ2v) is 7.14. The lowest BCUT2D eigenvalue weighted by molar-refractivity contribution is 0.764. The molecule has 0 aliphatic rings. The Balaban J connectivity index is 2.00. The second-order valence-electron chi connectivity index (χ2n) is 5.94. The van der Waals surface area contributed by atoms with E-state index in [0.717, 1.165) is 22.2 Å². The predicted octanol–water partition coefficient (Wildman–Crippen LogP) is 3.10. The SMILES string of the molecule is CCc1c(C)sc2c1c1nc(Cc3ccccc3)nn1c(=O)n2C. The summed E-state index contributed by atoms with van der Waals surface area (Å²) in [7, 11) is 1.80. The molecule has 4 rings (SSSR count). The van der Waals surface area contributed by atoms with Gasteiger partial charge in [0.25, 0.3) is 0 Å². The zero-order valence-electron chi connectivity index (χ0n) is 13.9. The molecule has 3 heterocycles. The van der Waals surface area contributed by atoms with Gasteiger partial charge in [-0.2, -0.15) is 4.52 Å². The van der Waals surface area contributed by atoms with E-state index in [1.165, 1.54) is 15.0 Å². The Bertz CT molecular complexity index is 1110. The van der Waals surface area contributed by atoms with E-state index >= 15 is 0 Å². The number of hydrogen-bond acceptors (Lipinski definition) is 4. The highest BCUT2D eigenvalue weighted by Gasteiger charge is 2.19. The molecule has 0 amide bonds. The standard InChI is InChI=1S/C18H18N4OS/c1-4-13-11(2)24-17-15(13)16-19-14(10-12-8-6-5-7-9-12)20-22(16)18(23)21(17)3/h5-9H,4,10H2,1-3H3. The summed E-state index contributed by atoms with van der Waals surface area (Å²) in [4.78, 5) is 19.6. The molecule has 0 aliphatic carbocycles.